The minimum Gasteiger partial charge on any atom is -0.496 e. The molecule has 0 aromatic heterocycles. The number of aryl methyl sites for hydroxylation is 2. The smallest absolute Gasteiger partial charge is 0.159 e. The lowest BCUT2D eigenvalue weighted by Crippen LogP contribution is -2.26. The Morgan fingerprint density at radius 3 is 1.53 bits per heavy atom. The molecule has 34 heavy (non-hydrogen) atoms. The Kier molecular flexibility index (Phi) is 7.53. The fourth-order valence-electron chi connectivity index (χ4n) is 5.06. The predicted octanol–water partition coefficient (Wildman–Crippen LogP) is 5.76. The van der Waals surface area contributed by atoms with Gasteiger partial charge in [-0.1, -0.05) is 24.3 Å². The molecule has 2 aromatic rings. The zero-order valence-electron chi connectivity index (χ0n) is 21.3. The maximum absolute atomic E-state index is 6.31. The summed E-state index contributed by atoms with van der Waals surface area (Å²) in [6.07, 6.45) is 2.90. The monoisotopic (exact) mass is 470 g/mol. The van der Waals surface area contributed by atoms with Gasteiger partial charge in [0.15, 0.2) is 12.6 Å². The van der Waals surface area contributed by atoms with Crippen LogP contribution in [0.4, 0.5) is 0 Å². The second-order valence-corrected chi connectivity index (χ2v) is 9.78. The second-order valence-electron chi connectivity index (χ2n) is 9.78. The lowest BCUT2D eigenvalue weighted by Gasteiger charge is -2.28. The van der Waals surface area contributed by atoms with Gasteiger partial charge in [-0.15, -0.1) is 0 Å². The molecule has 4 rings (SSSR count). The van der Waals surface area contributed by atoms with Crippen molar-refractivity contribution in [3.8, 4) is 11.5 Å². The quantitative estimate of drug-likeness (QED) is 0.435. The molecule has 2 aliphatic rings. The molecular weight excluding hydrogens is 432 g/mol. The van der Waals surface area contributed by atoms with E-state index in [0.717, 1.165) is 59.4 Å². The Morgan fingerprint density at radius 1 is 0.735 bits per heavy atom. The summed E-state index contributed by atoms with van der Waals surface area (Å²) in [4.78, 5) is 0. The number of rotatable bonds is 9. The molecule has 2 heterocycles. The zero-order chi connectivity index (χ0) is 24.3. The van der Waals surface area contributed by atoms with Crippen molar-refractivity contribution in [3.63, 3.8) is 0 Å². The SMILES string of the molecule is COc1cc(C)ccc1C1(C)CCC(OCCOC2CCC(C)(c3ccc(C)cc3OC)O2)O1. The molecule has 0 spiro atoms. The van der Waals surface area contributed by atoms with Gasteiger partial charge in [0.2, 0.25) is 0 Å². The normalized spacial score (nSPS) is 28.9. The van der Waals surface area contributed by atoms with Crippen LogP contribution in [-0.4, -0.2) is 40.0 Å². The van der Waals surface area contributed by atoms with Gasteiger partial charge in [-0.05, 0) is 63.8 Å². The van der Waals surface area contributed by atoms with Crippen molar-refractivity contribution in [1.82, 2.24) is 0 Å². The maximum Gasteiger partial charge on any atom is 0.159 e. The van der Waals surface area contributed by atoms with Crippen LogP contribution in [0, 0.1) is 13.8 Å². The van der Waals surface area contributed by atoms with Crippen LogP contribution in [-0.2, 0) is 30.1 Å². The number of hydrogen-bond acceptors (Lipinski definition) is 6. The first-order valence-corrected chi connectivity index (χ1v) is 12.2. The van der Waals surface area contributed by atoms with E-state index >= 15 is 0 Å². The van der Waals surface area contributed by atoms with Gasteiger partial charge in [-0.25, -0.2) is 0 Å². The molecule has 186 valence electrons. The highest BCUT2D eigenvalue weighted by Crippen LogP contribution is 2.44. The van der Waals surface area contributed by atoms with Crippen molar-refractivity contribution in [1.29, 1.82) is 0 Å². The molecule has 2 saturated heterocycles. The Hall–Kier alpha value is -2.12. The van der Waals surface area contributed by atoms with Crippen molar-refractivity contribution in [3.05, 3.63) is 58.7 Å². The molecule has 4 unspecified atom stereocenters. The third-order valence-corrected chi connectivity index (χ3v) is 7.04. The molecule has 0 radical (unpaired) electrons. The Labute approximate surface area is 203 Å². The highest BCUT2D eigenvalue weighted by Gasteiger charge is 2.41. The van der Waals surface area contributed by atoms with Crippen LogP contribution in [0.15, 0.2) is 36.4 Å². The van der Waals surface area contributed by atoms with E-state index in [1.807, 2.05) is 12.1 Å². The summed E-state index contributed by atoms with van der Waals surface area (Å²) in [6, 6.07) is 12.5. The van der Waals surface area contributed by atoms with Gasteiger partial charge < -0.3 is 28.4 Å². The first-order chi connectivity index (χ1) is 16.3. The molecule has 0 saturated carbocycles. The van der Waals surface area contributed by atoms with Gasteiger partial charge in [0.05, 0.1) is 38.6 Å². The summed E-state index contributed by atoms with van der Waals surface area (Å²) in [5.74, 6) is 1.72. The molecular formula is C28H38O6. The Morgan fingerprint density at radius 2 is 1.15 bits per heavy atom. The van der Waals surface area contributed by atoms with Crippen LogP contribution in [0.5, 0.6) is 11.5 Å². The molecule has 0 bridgehead atoms. The van der Waals surface area contributed by atoms with E-state index in [0.29, 0.717) is 13.2 Å². The molecule has 2 aromatic carbocycles. The summed E-state index contributed by atoms with van der Waals surface area (Å²) in [5, 5.41) is 0. The van der Waals surface area contributed by atoms with Crippen LogP contribution in [0.3, 0.4) is 0 Å². The van der Waals surface area contributed by atoms with Crippen LogP contribution in [0.1, 0.15) is 61.8 Å². The van der Waals surface area contributed by atoms with Crippen molar-refractivity contribution in [2.45, 2.75) is 77.2 Å². The minimum atomic E-state index is -0.423. The molecule has 0 N–H and O–H groups in total. The summed E-state index contributed by atoms with van der Waals surface area (Å²) in [5.41, 5.74) is 3.61. The predicted molar refractivity (Wildman–Crippen MR) is 130 cm³/mol. The first-order valence-electron chi connectivity index (χ1n) is 12.2. The van der Waals surface area contributed by atoms with Crippen LogP contribution < -0.4 is 9.47 Å². The molecule has 4 atom stereocenters. The molecule has 0 aliphatic carbocycles. The largest absolute Gasteiger partial charge is 0.496 e. The van der Waals surface area contributed by atoms with Crippen molar-refractivity contribution in [2.24, 2.45) is 0 Å². The van der Waals surface area contributed by atoms with Gasteiger partial charge >= 0.3 is 0 Å². The zero-order valence-corrected chi connectivity index (χ0v) is 21.3. The molecule has 0 amide bonds. The van der Waals surface area contributed by atoms with E-state index in [-0.39, 0.29) is 12.6 Å². The minimum absolute atomic E-state index is 0.258. The third kappa shape index (κ3) is 5.25. The molecule has 2 fully saturated rings. The molecule has 2 aliphatic heterocycles. The van der Waals surface area contributed by atoms with Gasteiger partial charge in [-0.2, -0.15) is 0 Å². The van der Waals surface area contributed by atoms with Crippen molar-refractivity contribution >= 4 is 0 Å². The summed E-state index contributed by atoms with van der Waals surface area (Å²) < 4.78 is 35.8. The van der Waals surface area contributed by atoms with E-state index in [1.54, 1.807) is 14.2 Å². The van der Waals surface area contributed by atoms with Gasteiger partial charge in [0.25, 0.3) is 0 Å². The second kappa shape index (κ2) is 10.2. The van der Waals surface area contributed by atoms with Gasteiger partial charge in [0.1, 0.15) is 11.5 Å². The first kappa shape index (κ1) is 25.0. The van der Waals surface area contributed by atoms with E-state index in [4.69, 9.17) is 28.4 Å². The van der Waals surface area contributed by atoms with E-state index in [9.17, 15) is 0 Å². The number of benzene rings is 2. The average Bonchev–Trinajstić information content (AvgIpc) is 3.40. The number of hydrogen-bond donors (Lipinski definition) is 0. The summed E-state index contributed by atoms with van der Waals surface area (Å²) >= 11 is 0. The fraction of sp³-hybridized carbons (Fsp3) is 0.571. The lowest BCUT2D eigenvalue weighted by atomic mass is 9.91. The Bertz CT molecular complexity index is 911. The van der Waals surface area contributed by atoms with Crippen molar-refractivity contribution in [2.75, 3.05) is 27.4 Å². The fourth-order valence-corrected chi connectivity index (χ4v) is 5.06. The van der Waals surface area contributed by atoms with Crippen LogP contribution in [0.25, 0.3) is 0 Å². The van der Waals surface area contributed by atoms with E-state index in [2.05, 4.69) is 52.0 Å². The number of methoxy groups -OCH3 is 2. The highest BCUT2D eigenvalue weighted by atomic mass is 16.7. The standard InChI is InChI=1S/C28H38O6/c1-19-7-9-21(23(17-19)29-5)27(3)13-11-25(33-27)31-15-16-32-26-12-14-28(4,34-26)22-10-8-20(2)18-24(22)30-6/h7-10,17-18,25-26H,11-16H2,1-6H3. The topological polar surface area (TPSA) is 55.4 Å². The molecule has 6 nitrogen and oxygen atoms in total. The summed E-state index contributed by atoms with van der Waals surface area (Å²) in [7, 11) is 3.40. The number of ether oxygens (including phenoxy) is 6. The molecule has 6 heteroatoms. The van der Waals surface area contributed by atoms with E-state index < -0.39 is 11.2 Å². The van der Waals surface area contributed by atoms with Crippen LogP contribution >= 0.6 is 0 Å². The average molecular weight is 471 g/mol. The van der Waals surface area contributed by atoms with Gasteiger partial charge in [0, 0.05) is 24.0 Å². The lowest BCUT2D eigenvalue weighted by molar-refractivity contribution is -0.199. The van der Waals surface area contributed by atoms with Crippen molar-refractivity contribution < 1.29 is 28.4 Å². The Balaban J connectivity index is 1.25. The highest BCUT2D eigenvalue weighted by molar-refractivity contribution is 5.42. The summed E-state index contributed by atoms with van der Waals surface area (Å²) in [6.45, 7) is 9.24. The van der Waals surface area contributed by atoms with Crippen LogP contribution in [0.2, 0.25) is 0 Å². The van der Waals surface area contributed by atoms with E-state index in [1.165, 1.54) is 0 Å². The van der Waals surface area contributed by atoms with Gasteiger partial charge in [-0.3, -0.25) is 0 Å². The third-order valence-electron chi connectivity index (χ3n) is 7.04. The maximum atomic E-state index is 6.31.